The summed E-state index contributed by atoms with van der Waals surface area (Å²) in [5.74, 6) is 0.521. The van der Waals surface area contributed by atoms with Crippen molar-refractivity contribution in [3.63, 3.8) is 0 Å². The molecule has 12 nitrogen and oxygen atoms in total. The first-order valence-electron chi connectivity index (χ1n) is 10.7. The molecule has 1 fully saturated rings. The Kier molecular flexibility index (Phi) is 8.87. The zero-order chi connectivity index (χ0) is 23.3. The number of ether oxygens (including phenoxy) is 1. The van der Waals surface area contributed by atoms with Gasteiger partial charge in [0, 0.05) is 0 Å². The van der Waals surface area contributed by atoms with Gasteiger partial charge in [-0.3, -0.25) is 0 Å². The molecule has 1 saturated heterocycles. The van der Waals surface area contributed by atoms with Gasteiger partial charge in [0.05, 0.1) is 0 Å². The number of halogens is 1. The number of hydrogen-bond donors (Lipinski definition) is 5. The van der Waals surface area contributed by atoms with Crippen LogP contribution in [0, 0.1) is 0 Å². The van der Waals surface area contributed by atoms with Crippen molar-refractivity contribution in [2.24, 2.45) is 5.73 Å². The minimum atomic E-state index is -3.38. The van der Waals surface area contributed by atoms with Crippen molar-refractivity contribution in [1.29, 1.82) is 0 Å². The van der Waals surface area contributed by atoms with Gasteiger partial charge in [-0.25, -0.2) is 0 Å². The predicted octanol–water partition coefficient (Wildman–Crippen LogP) is 0.340. The molecule has 2 aromatic heterocycles. The van der Waals surface area contributed by atoms with Crippen molar-refractivity contribution in [3.8, 4) is 0 Å². The number of aliphatic hydroxyl groups excluding tert-OH is 1. The van der Waals surface area contributed by atoms with E-state index in [1.807, 2.05) is 0 Å². The first-order valence-corrected chi connectivity index (χ1v) is 13.3. The van der Waals surface area contributed by atoms with Crippen molar-refractivity contribution in [1.82, 2.24) is 19.5 Å². The summed E-state index contributed by atoms with van der Waals surface area (Å²) >= 11 is 6.06. The summed E-state index contributed by atoms with van der Waals surface area (Å²) in [5, 5.41) is 14.1. The molecule has 1 aliphatic heterocycles. The van der Waals surface area contributed by atoms with Gasteiger partial charge in [-0.05, 0) is 6.54 Å². The number of rotatable bonds is 8. The molecule has 0 amide bonds. The van der Waals surface area contributed by atoms with Crippen molar-refractivity contribution < 1.29 is 23.8 Å². The number of nitrogen functional groups attached to an aromatic ring is 1. The topological polar surface area (TPSA) is 176 Å². The van der Waals surface area contributed by atoms with E-state index in [0.717, 1.165) is 25.7 Å². The summed E-state index contributed by atoms with van der Waals surface area (Å²) in [4.78, 5) is 23.1. The van der Waals surface area contributed by atoms with Gasteiger partial charge in [-0.15, -0.1) is 0 Å². The fourth-order valence-electron chi connectivity index (χ4n) is 3.39. The van der Waals surface area contributed by atoms with Crippen molar-refractivity contribution >= 4 is 49.9 Å². The molecule has 0 aromatic carbocycles. The first kappa shape index (κ1) is 25.3. The minimum absolute atomic E-state index is 0.0509. The Morgan fingerprint density at radius 3 is 2.69 bits per heavy atom. The Bertz CT molecular complexity index is 908. The second kappa shape index (κ2) is 11.2. The van der Waals surface area contributed by atoms with Crippen molar-refractivity contribution in [2.45, 2.75) is 51.0 Å². The van der Waals surface area contributed by atoms with Gasteiger partial charge in [0.25, 0.3) is 0 Å². The molecule has 3 atom stereocenters. The molecular formula is C17H32BClN7O5P. The molecule has 0 radical (unpaired) electrons. The number of imidazole rings is 1. The van der Waals surface area contributed by atoms with Gasteiger partial charge in [0.15, 0.2) is 0 Å². The number of fused-ring (bicyclic) bond motifs is 1. The van der Waals surface area contributed by atoms with Crippen molar-refractivity contribution in [2.75, 3.05) is 37.4 Å². The predicted molar refractivity (Wildman–Crippen MR) is 127 cm³/mol. The van der Waals surface area contributed by atoms with Crippen LogP contribution < -0.4 is 16.8 Å². The van der Waals surface area contributed by atoms with Crippen molar-refractivity contribution in [3.05, 3.63) is 5.28 Å². The van der Waals surface area contributed by atoms with Crippen LogP contribution in [0.3, 0.4) is 0 Å². The zero-order valence-electron chi connectivity index (χ0n) is 18.3. The fourth-order valence-corrected chi connectivity index (χ4v) is 4.67. The summed E-state index contributed by atoms with van der Waals surface area (Å²) in [6.07, 6.45) is 1.38. The molecule has 3 rings (SSSR count). The van der Waals surface area contributed by atoms with Gasteiger partial charge < -0.3 is 5.73 Å². The summed E-state index contributed by atoms with van der Waals surface area (Å²) in [6, 6.07) is 0. The quantitative estimate of drug-likeness (QED) is 0.149. The number of nitrogens with two attached hydrogens (primary N) is 2. The first-order chi connectivity index (χ1) is 15.2. The van der Waals surface area contributed by atoms with E-state index in [0.29, 0.717) is 30.2 Å². The number of aromatic nitrogens is 4. The summed E-state index contributed by atoms with van der Waals surface area (Å²) in [5.41, 5.74) is 12.2. The number of nitrogens with one attached hydrogen (secondary N) is 1. The summed E-state index contributed by atoms with van der Waals surface area (Å²) < 4.78 is 18.6. The van der Waals surface area contributed by atoms with Crippen LogP contribution >= 0.6 is 19.4 Å². The Morgan fingerprint density at radius 2 is 1.94 bits per heavy atom. The standard InChI is InChI=1S/C17H32BClN7O5P/c1-10-8-29-32(18,28)30-9-11(27)15(31-10)26-14-12(13(21)24-16(19)25-14)23-17(26)22-7-5-3-2-4-6-20/h10-11,15,27-28,32H,2-9,18,20H2,1H3,(H,22,23)(H2,21,24,25)/t10-,11-,15+/m0/s1. The third-order valence-electron chi connectivity index (χ3n) is 5.02. The van der Waals surface area contributed by atoms with E-state index in [9.17, 15) is 10.00 Å². The molecule has 1 aliphatic rings. The van der Waals surface area contributed by atoms with Crippen LogP contribution in [-0.2, 0) is 13.8 Å². The number of hydrogen-bond acceptors (Lipinski definition) is 11. The van der Waals surface area contributed by atoms with Crippen LogP contribution in [0.1, 0.15) is 38.8 Å². The fraction of sp³-hybridized carbons (Fsp3) is 0.706. The second-order valence-electron chi connectivity index (χ2n) is 7.91. The third kappa shape index (κ3) is 6.39. The number of anilines is 2. The van der Waals surface area contributed by atoms with E-state index in [4.69, 9.17) is 36.9 Å². The number of nitrogens with zero attached hydrogens (tertiary/aromatic N) is 4. The molecule has 3 heterocycles. The Balaban J connectivity index is 1.94. The molecule has 0 saturated carbocycles. The van der Waals surface area contributed by atoms with Gasteiger partial charge in [0.1, 0.15) is 0 Å². The van der Waals surface area contributed by atoms with Gasteiger partial charge in [0.2, 0.25) is 0 Å². The molecule has 7 N–H and O–H groups in total. The van der Waals surface area contributed by atoms with Crippen LogP contribution in [0.5, 0.6) is 0 Å². The van der Waals surface area contributed by atoms with Crippen LogP contribution in [0.15, 0.2) is 0 Å². The molecule has 0 spiro atoms. The SMILES string of the molecule is B[PH]1(O)OC[C@H](C)O[C@@H](n2c(NCCCCCCN)nc3c(N)nc(Cl)nc32)[C@@H](O)CO1. The second-order valence-corrected chi connectivity index (χ2v) is 10.6. The number of unbranched alkanes of at least 4 members (excludes halogenated alkanes) is 3. The average Bonchev–Trinajstić information content (AvgIpc) is 3.10. The maximum atomic E-state index is 10.9. The third-order valence-corrected chi connectivity index (χ3v) is 6.59. The molecule has 32 heavy (non-hydrogen) atoms. The maximum absolute atomic E-state index is 10.9. The summed E-state index contributed by atoms with van der Waals surface area (Å²) in [6.45, 7) is 2.97. The van der Waals surface area contributed by atoms with Crippen LogP contribution in [0.4, 0.5) is 11.8 Å². The Morgan fingerprint density at radius 1 is 1.22 bits per heavy atom. The van der Waals surface area contributed by atoms with E-state index in [1.165, 1.54) is 7.57 Å². The van der Waals surface area contributed by atoms with Gasteiger partial charge >= 0.3 is 180 Å². The summed E-state index contributed by atoms with van der Waals surface area (Å²) in [7, 11) is -1.89. The molecule has 15 heteroatoms. The van der Waals surface area contributed by atoms with E-state index in [2.05, 4.69) is 20.3 Å². The molecule has 0 aliphatic carbocycles. The zero-order valence-corrected chi connectivity index (χ0v) is 20.1. The average molecular weight is 492 g/mol. The monoisotopic (exact) mass is 491 g/mol. The molecule has 2 aromatic rings. The Labute approximate surface area is 192 Å². The molecule has 0 unspecified atom stereocenters. The van der Waals surface area contributed by atoms with Crippen LogP contribution in [-0.4, -0.2) is 75.6 Å². The van der Waals surface area contributed by atoms with E-state index in [-0.39, 0.29) is 24.3 Å². The van der Waals surface area contributed by atoms with Crippen LogP contribution in [0.25, 0.3) is 11.2 Å². The Hall–Kier alpha value is -1.31. The van der Waals surface area contributed by atoms with E-state index >= 15 is 0 Å². The van der Waals surface area contributed by atoms with E-state index < -0.39 is 26.3 Å². The number of aliphatic hydroxyl groups is 1. The molecule has 180 valence electrons. The molecular weight excluding hydrogens is 459 g/mol. The van der Waals surface area contributed by atoms with Gasteiger partial charge in [-0.1, -0.05) is 0 Å². The van der Waals surface area contributed by atoms with Gasteiger partial charge in [-0.2, -0.15) is 0 Å². The van der Waals surface area contributed by atoms with Crippen LogP contribution in [0.2, 0.25) is 5.28 Å². The van der Waals surface area contributed by atoms with E-state index in [1.54, 1.807) is 11.5 Å². The normalized spacial score (nSPS) is 25.1. The molecule has 0 bridgehead atoms.